The van der Waals surface area contributed by atoms with Crippen LogP contribution in [0.5, 0.6) is 0 Å². The summed E-state index contributed by atoms with van der Waals surface area (Å²) in [7, 11) is -1.74. The summed E-state index contributed by atoms with van der Waals surface area (Å²) in [5.74, 6) is -0.0460. The van der Waals surface area contributed by atoms with Gasteiger partial charge in [-0.05, 0) is 0 Å². The molecule has 0 aromatic rings. The number of hydrogen-bond donors (Lipinski definition) is 0. The first kappa shape index (κ1) is 14.4. The molecule has 0 bridgehead atoms. The van der Waals surface area contributed by atoms with Crippen LogP contribution < -0.4 is 0 Å². The van der Waals surface area contributed by atoms with E-state index in [-0.39, 0.29) is 30.6 Å². The Hall–Kier alpha value is -0.553. The van der Waals surface area contributed by atoms with Crippen LogP contribution in [0.15, 0.2) is 0 Å². The second kappa shape index (κ2) is 6.84. The summed E-state index contributed by atoms with van der Waals surface area (Å²) in [5, 5.41) is 0. The van der Waals surface area contributed by atoms with Crippen LogP contribution in [0, 0.1) is 0 Å². The highest BCUT2D eigenvalue weighted by Gasteiger charge is 2.34. The van der Waals surface area contributed by atoms with Gasteiger partial charge in [-0.1, -0.05) is 19.6 Å². The van der Waals surface area contributed by atoms with E-state index in [1.54, 1.807) is 0 Å². The highest BCUT2D eigenvalue weighted by Crippen LogP contribution is 2.23. The van der Waals surface area contributed by atoms with E-state index in [0.717, 1.165) is 0 Å². The van der Waals surface area contributed by atoms with Crippen LogP contribution in [0.2, 0.25) is 25.2 Å². The van der Waals surface area contributed by atoms with Crippen LogP contribution in [0.3, 0.4) is 0 Å². The molecule has 88 valence electrons. The van der Waals surface area contributed by atoms with Gasteiger partial charge in [-0.3, -0.25) is 9.59 Å². The van der Waals surface area contributed by atoms with Gasteiger partial charge in [0.1, 0.15) is 13.2 Å². The van der Waals surface area contributed by atoms with Gasteiger partial charge in [0.2, 0.25) is 0 Å². The largest absolute Gasteiger partial charge is 0.467 e. The Morgan fingerprint density at radius 2 is 2.07 bits per heavy atom. The van der Waals surface area contributed by atoms with Gasteiger partial charge < -0.3 is 9.47 Å². The number of hydrogen-bond acceptors (Lipinski definition) is 4. The van der Waals surface area contributed by atoms with Gasteiger partial charge >= 0.3 is 5.97 Å². The van der Waals surface area contributed by atoms with Gasteiger partial charge in [-0.2, -0.15) is 0 Å². The van der Waals surface area contributed by atoms with Crippen molar-refractivity contribution in [1.82, 2.24) is 0 Å². The van der Waals surface area contributed by atoms with E-state index < -0.39 is 8.07 Å². The lowest BCUT2D eigenvalue weighted by Crippen LogP contribution is -2.38. The summed E-state index contributed by atoms with van der Waals surface area (Å²) in [6, 6.07) is 0. The van der Waals surface area contributed by atoms with Crippen LogP contribution in [0.1, 0.15) is 0 Å². The second-order valence-electron chi connectivity index (χ2n) is 4.20. The van der Waals surface area contributed by atoms with Crippen molar-refractivity contribution in [2.75, 3.05) is 19.1 Å². The molecule has 0 saturated heterocycles. The van der Waals surface area contributed by atoms with E-state index >= 15 is 0 Å². The molecular formula is C9H17ClO4Si. The zero-order chi connectivity index (χ0) is 11.9. The monoisotopic (exact) mass is 252 g/mol. The lowest BCUT2D eigenvalue weighted by molar-refractivity contribution is -0.145. The number of carbonyl (C=O) groups is 2. The summed E-state index contributed by atoms with van der Waals surface area (Å²) in [6.07, 6.45) is 0. The molecule has 0 spiro atoms. The smallest absolute Gasteiger partial charge is 0.309 e. The maximum absolute atomic E-state index is 11.6. The fourth-order valence-corrected chi connectivity index (χ4v) is 2.51. The van der Waals surface area contributed by atoms with Crippen LogP contribution in [0.4, 0.5) is 0 Å². The zero-order valence-electron chi connectivity index (χ0n) is 9.29. The molecule has 0 heterocycles. The molecule has 0 radical (unpaired) electrons. The van der Waals surface area contributed by atoms with Crippen LogP contribution in [0.25, 0.3) is 0 Å². The molecule has 0 saturated carbocycles. The normalized spacial score (nSPS) is 13.1. The number of esters is 1. The molecule has 0 N–H and O–H groups in total. The molecule has 1 atom stereocenters. The van der Waals surface area contributed by atoms with Crippen LogP contribution >= 0.6 is 11.6 Å². The van der Waals surface area contributed by atoms with Crippen molar-refractivity contribution >= 4 is 32.1 Å². The average molecular weight is 253 g/mol. The van der Waals surface area contributed by atoms with E-state index in [9.17, 15) is 9.59 Å². The minimum Gasteiger partial charge on any atom is -0.467 e. The Bertz CT molecular complexity index is 215. The van der Waals surface area contributed by atoms with E-state index in [1.807, 2.05) is 19.6 Å². The summed E-state index contributed by atoms with van der Waals surface area (Å²) in [6.45, 7) is 6.71. The third kappa shape index (κ3) is 5.79. The summed E-state index contributed by atoms with van der Waals surface area (Å²) in [4.78, 5) is 21.7. The first-order chi connectivity index (χ1) is 6.93. The fourth-order valence-electron chi connectivity index (χ4n) is 1.05. The molecule has 0 aliphatic rings. The number of alkyl halides is 1. The predicted molar refractivity (Wildman–Crippen MR) is 60.8 cm³/mol. The maximum Gasteiger partial charge on any atom is 0.309 e. The highest BCUT2D eigenvalue weighted by molar-refractivity contribution is 6.80. The van der Waals surface area contributed by atoms with Crippen LogP contribution in [-0.2, 0) is 19.1 Å². The van der Waals surface area contributed by atoms with Gasteiger partial charge in [-0.15, -0.1) is 11.6 Å². The molecule has 15 heavy (non-hydrogen) atoms. The third-order valence-electron chi connectivity index (χ3n) is 1.98. The third-order valence-corrected chi connectivity index (χ3v) is 4.63. The lowest BCUT2D eigenvalue weighted by Gasteiger charge is -2.25. The number of carbonyl (C=O) groups excluding carboxylic acids is 2. The van der Waals surface area contributed by atoms with Crippen molar-refractivity contribution in [3.05, 3.63) is 0 Å². The van der Waals surface area contributed by atoms with Gasteiger partial charge in [-0.25, -0.2) is 0 Å². The second-order valence-corrected chi connectivity index (χ2v) is 10.0. The Kier molecular flexibility index (Phi) is 6.59. The standard InChI is InChI=1S/C9H17ClO4Si/c1-15(2,3)8(6-13-7-11)9(12)14-5-4-10/h7-8H,4-6H2,1-3H3. The Morgan fingerprint density at radius 1 is 1.47 bits per heavy atom. The first-order valence-electron chi connectivity index (χ1n) is 4.71. The topological polar surface area (TPSA) is 52.6 Å². The summed E-state index contributed by atoms with van der Waals surface area (Å²) in [5.41, 5.74) is -0.328. The minimum atomic E-state index is -1.74. The van der Waals surface area contributed by atoms with Gasteiger partial charge in [0.15, 0.2) is 0 Å². The molecule has 4 nitrogen and oxygen atoms in total. The number of rotatable bonds is 7. The van der Waals surface area contributed by atoms with Crippen molar-refractivity contribution in [2.24, 2.45) is 0 Å². The highest BCUT2D eigenvalue weighted by atomic mass is 35.5. The molecule has 0 aromatic carbocycles. The van der Waals surface area contributed by atoms with Crippen molar-refractivity contribution in [3.8, 4) is 0 Å². The fraction of sp³-hybridized carbons (Fsp3) is 0.778. The molecule has 0 amide bonds. The van der Waals surface area contributed by atoms with Crippen molar-refractivity contribution in [3.63, 3.8) is 0 Å². The zero-order valence-corrected chi connectivity index (χ0v) is 11.0. The van der Waals surface area contributed by atoms with Crippen LogP contribution in [-0.4, -0.2) is 39.6 Å². The van der Waals surface area contributed by atoms with Crippen molar-refractivity contribution in [1.29, 1.82) is 0 Å². The molecule has 0 aliphatic carbocycles. The molecule has 0 aromatic heterocycles. The average Bonchev–Trinajstić information content (AvgIpc) is 2.13. The van der Waals surface area contributed by atoms with Gasteiger partial charge in [0.25, 0.3) is 6.47 Å². The maximum atomic E-state index is 11.6. The van der Waals surface area contributed by atoms with Crippen molar-refractivity contribution in [2.45, 2.75) is 25.2 Å². The summed E-state index contributed by atoms with van der Waals surface area (Å²) >= 11 is 5.42. The quantitative estimate of drug-likeness (QED) is 0.299. The van der Waals surface area contributed by atoms with E-state index in [0.29, 0.717) is 6.47 Å². The van der Waals surface area contributed by atoms with E-state index in [1.165, 1.54) is 0 Å². The van der Waals surface area contributed by atoms with Gasteiger partial charge in [0, 0.05) is 0 Å². The molecule has 6 heteroatoms. The van der Waals surface area contributed by atoms with Gasteiger partial charge in [0.05, 0.1) is 19.5 Å². The molecule has 0 fully saturated rings. The Morgan fingerprint density at radius 3 is 2.47 bits per heavy atom. The lowest BCUT2D eigenvalue weighted by atomic mass is 10.4. The molecular weight excluding hydrogens is 236 g/mol. The van der Waals surface area contributed by atoms with Crippen molar-refractivity contribution < 1.29 is 19.1 Å². The molecule has 1 unspecified atom stereocenters. The molecule has 0 rings (SSSR count). The summed E-state index contributed by atoms with van der Waals surface area (Å²) < 4.78 is 9.59. The van der Waals surface area contributed by atoms with E-state index in [2.05, 4.69) is 4.74 Å². The number of ether oxygens (including phenoxy) is 2. The van der Waals surface area contributed by atoms with E-state index in [4.69, 9.17) is 16.3 Å². The number of halogens is 1. The SMILES string of the molecule is C[Si](C)(C)C(COC=O)C(=O)OCCCl. The Labute approximate surface area is 95.9 Å². The Balaban J connectivity index is 4.34. The minimum absolute atomic E-state index is 0.0976. The first-order valence-corrected chi connectivity index (χ1v) is 8.82. The molecule has 0 aliphatic heterocycles. The predicted octanol–water partition coefficient (Wildman–Crippen LogP) is 1.65.